The first kappa shape index (κ1) is 12.9. The zero-order valence-corrected chi connectivity index (χ0v) is 11.4. The van der Waals surface area contributed by atoms with Gasteiger partial charge in [0.05, 0.1) is 0 Å². The van der Waals surface area contributed by atoms with Gasteiger partial charge in [-0.3, -0.25) is 0 Å². The van der Waals surface area contributed by atoms with Crippen molar-refractivity contribution in [1.29, 1.82) is 0 Å². The molecule has 0 bridgehead atoms. The molecule has 4 heteroatoms. The number of rotatable bonds is 4. The number of hydrogen-bond acceptors (Lipinski definition) is 4. The van der Waals surface area contributed by atoms with Crippen molar-refractivity contribution in [1.82, 2.24) is 4.98 Å². The predicted molar refractivity (Wildman–Crippen MR) is 72.9 cm³/mol. The lowest BCUT2D eigenvalue weighted by molar-refractivity contribution is 0.250. The van der Waals surface area contributed by atoms with E-state index in [-0.39, 0.29) is 12.1 Å². The van der Waals surface area contributed by atoms with Crippen LogP contribution >= 0.6 is 0 Å². The molecule has 1 N–H and O–H groups in total. The van der Waals surface area contributed by atoms with E-state index in [1.54, 1.807) is 0 Å². The maximum atomic E-state index is 9.12. The largest absolute Gasteiger partial charge is 0.441 e. The number of anilines is 1. The Morgan fingerprint density at radius 1 is 1.39 bits per heavy atom. The zero-order valence-electron chi connectivity index (χ0n) is 11.4. The Balaban J connectivity index is 2.35. The van der Waals surface area contributed by atoms with Crippen molar-refractivity contribution in [2.45, 2.75) is 32.7 Å². The number of nitrogens with zero attached hydrogens (tertiary/aromatic N) is 2. The molecule has 0 amide bonds. The van der Waals surface area contributed by atoms with Crippen molar-refractivity contribution < 1.29 is 9.52 Å². The summed E-state index contributed by atoms with van der Waals surface area (Å²) in [6.45, 7) is 6.25. The smallest absolute Gasteiger partial charge is 0.192 e. The van der Waals surface area contributed by atoms with Gasteiger partial charge in [0.15, 0.2) is 11.5 Å². The number of hydrogen-bond donors (Lipinski definition) is 1. The molecule has 0 atom stereocenters. The highest BCUT2D eigenvalue weighted by atomic mass is 16.3. The minimum absolute atomic E-state index is 0.0997. The van der Waals surface area contributed by atoms with Gasteiger partial charge in [-0.05, 0) is 32.4 Å². The Hall–Kier alpha value is -1.55. The van der Waals surface area contributed by atoms with Crippen LogP contribution in [-0.4, -0.2) is 29.3 Å². The van der Waals surface area contributed by atoms with E-state index >= 15 is 0 Å². The molecule has 1 heterocycles. The molecule has 4 nitrogen and oxygen atoms in total. The van der Waals surface area contributed by atoms with Crippen LogP contribution in [0.1, 0.15) is 26.2 Å². The van der Waals surface area contributed by atoms with Crippen molar-refractivity contribution in [3.63, 3.8) is 0 Å². The molecule has 0 saturated heterocycles. The summed E-state index contributed by atoms with van der Waals surface area (Å²) in [6, 6.07) is 5.99. The van der Waals surface area contributed by atoms with Crippen LogP contribution in [0.3, 0.4) is 0 Å². The third-order valence-electron chi connectivity index (χ3n) is 3.50. The molecule has 1 aromatic carbocycles. The van der Waals surface area contributed by atoms with Crippen LogP contribution in [0.25, 0.3) is 11.1 Å². The maximum Gasteiger partial charge on any atom is 0.192 e. The maximum absolute atomic E-state index is 9.12. The van der Waals surface area contributed by atoms with Crippen molar-refractivity contribution >= 4 is 16.8 Å². The predicted octanol–water partition coefficient (Wildman–Crippen LogP) is 2.73. The second-order valence-corrected chi connectivity index (χ2v) is 5.23. The summed E-state index contributed by atoms with van der Waals surface area (Å²) in [7, 11) is 2.03. The highest BCUT2D eigenvalue weighted by molar-refractivity contribution is 5.77. The summed E-state index contributed by atoms with van der Waals surface area (Å²) in [5.74, 6) is 0.680. The third kappa shape index (κ3) is 2.34. The number of aliphatic hydroxyl groups excluding tert-OH is 1. The van der Waals surface area contributed by atoms with Crippen LogP contribution < -0.4 is 4.90 Å². The molecule has 0 aliphatic carbocycles. The first-order valence-electron chi connectivity index (χ1n) is 6.16. The SMILES string of the molecule is Cc1nc2ccc(N(C)C(C)(C)CCO)cc2o1. The van der Waals surface area contributed by atoms with Gasteiger partial charge in [0, 0.05) is 37.9 Å². The average molecular weight is 248 g/mol. The van der Waals surface area contributed by atoms with Gasteiger partial charge in [0.25, 0.3) is 0 Å². The molecule has 98 valence electrons. The van der Waals surface area contributed by atoms with E-state index in [0.29, 0.717) is 5.89 Å². The second kappa shape index (κ2) is 4.61. The molecule has 0 aliphatic rings. The normalized spacial score (nSPS) is 12.1. The lowest BCUT2D eigenvalue weighted by Gasteiger charge is -2.37. The summed E-state index contributed by atoms with van der Waals surface area (Å²) >= 11 is 0. The summed E-state index contributed by atoms with van der Waals surface area (Å²) in [5, 5.41) is 9.12. The van der Waals surface area contributed by atoms with Crippen LogP contribution in [0.4, 0.5) is 5.69 Å². The van der Waals surface area contributed by atoms with Crippen LogP contribution in [0.5, 0.6) is 0 Å². The number of oxazole rings is 1. The first-order chi connectivity index (χ1) is 8.44. The molecular formula is C14H20N2O2. The molecule has 0 saturated carbocycles. The number of benzene rings is 1. The Morgan fingerprint density at radius 3 is 2.78 bits per heavy atom. The Morgan fingerprint density at radius 2 is 2.11 bits per heavy atom. The van der Waals surface area contributed by atoms with Crippen molar-refractivity contribution in [2.75, 3.05) is 18.6 Å². The fourth-order valence-electron chi connectivity index (χ4n) is 2.03. The van der Waals surface area contributed by atoms with Crippen LogP contribution in [-0.2, 0) is 0 Å². The topological polar surface area (TPSA) is 49.5 Å². The molecule has 0 radical (unpaired) electrons. The highest BCUT2D eigenvalue weighted by Crippen LogP contribution is 2.28. The van der Waals surface area contributed by atoms with Gasteiger partial charge >= 0.3 is 0 Å². The minimum atomic E-state index is -0.0997. The second-order valence-electron chi connectivity index (χ2n) is 5.23. The van der Waals surface area contributed by atoms with E-state index in [0.717, 1.165) is 23.2 Å². The van der Waals surface area contributed by atoms with Gasteiger partial charge in [-0.25, -0.2) is 4.98 Å². The lowest BCUT2D eigenvalue weighted by atomic mass is 9.98. The third-order valence-corrected chi connectivity index (χ3v) is 3.50. The van der Waals surface area contributed by atoms with Gasteiger partial charge < -0.3 is 14.4 Å². The highest BCUT2D eigenvalue weighted by Gasteiger charge is 2.23. The van der Waals surface area contributed by atoms with Crippen LogP contribution in [0.2, 0.25) is 0 Å². The van der Waals surface area contributed by atoms with Gasteiger partial charge in [-0.2, -0.15) is 0 Å². The lowest BCUT2D eigenvalue weighted by Crippen LogP contribution is -2.41. The van der Waals surface area contributed by atoms with Gasteiger partial charge in [0.1, 0.15) is 5.52 Å². The number of aromatic nitrogens is 1. The molecule has 2 rings (SSSR count). The summed E-state index contributed by atoms with van der Waals surface area (Å²) in [4.78, 5) is 6.44. The molecule has 2 aromatic rings. The van der Waals surface area contributed by atoms with Crippen molar-refractivity contribution in [3.8, 4) is 0 Å². The monoisotopic (exact) mass is 248 g/mol. The minimum Gasteiger partial charge on any atom is -0.441 e. The van der Waals surface area contributed by atoms with Gasteiger partial charge in [0.2, 0.25) is 0 Å². The molecule has 1 aromatic heterocycles. The summed E-state index contributed by atoms with van der Waals surface area (Å²) in [5.41, 5.74) is 2.65. The van der Waals surface area contributed by atoms with Crippen LogP contribution in [0.15, 0.2) is 22.6 Å². The quantitative estimate of drug-likeness (QED) is 0.903. The van der Waals surface area contributed by atoms with Crippen LogP contribution in [0, 0.1) is 6.92 Å². The molecular weight excluding hydrogens is 228 g/mol. The number of aliphatic hydroxyl groups is 1. The standard InChI is InChI=1S/C14H20N2O2/c1-10-15-12-6-5-11(9-13(12)18-10)16(4)14(2,3)7-8-17/h5-6,9,17H,7-8H2,1-4H3. The fourth-order valence-corrected chi connectivity index (χ4v) is 2.03. The van der Waals surface area contributed by atoms with E-state index in [4.69, 9.17) is 9.52 Å². The molecule has 0 aliphatic heterocycles. The summed E-state index contributed by atoms with van der Waals surface area (Å²) < 4.78 is 5.54. The summed E-state index contributed by atoms with van der Waals surface area (Å²) in [6.07, 6.45) is 0.719. The van der Waals surface area contributed by atoms with Crippen molar-refractivity contribution in [3.05, 3.63) is 24.1 Å². The van der Waals surface area contributed by atoms with E-state index in [2.05, 4.69) is 23.7 Å². The number of aryl methyl sites for hydroxylation is 1. The first-order valence-corrected chi connectivity index (χ1v) is 6.16. The van der Waals surface area contributed by atoms with Crippen molar-refractivity contribution in [2.24, 2.45) is 0 Å². The van der Waals surface area contributed by atoms with E-state index in [1.807, 2.05) is 32.2 Å². The fraction of sp³-hybridized carbons (Fsp3) is 0.500. The number of fused-ring (bicyclic) bond motifs is 1. The Kier molecular flexibility index (Phi) is 3.30. The van der Waals surface area contributed by atoms with E-state index in [9.17, 15) is 0 Å². The van der Waals surface area contributed by atoms with E-state index < -0.39 is 0 Å². The van der Waals surface area contributed by atoms with Gasteiger partial charge in [-0.1, -0.05) is 0 Å². The molecule has 18 heavy (non-hydrogen) atoms. The van der Waals surface area contributed by atoms with E-state index in [1.165, 1.54) is 0 Å². The average Bonchev–Trinajstić information content (AvgIpc) is 2.66. The molecule has 0 unspecified atom stereocenters. The molecule has 0 fully saturated rings. The molecule has 0 spiro atoms. The zero-order chi connectivity index (χ0) is 13.3. The Bertz CT molecular complexity index is 546. The Labute approximate surface area is 107 Å². The van der Waals surface area contributed by atoms with Gasteiger partial charge in [-0.15, -0.1) is 0 Å².